The molecule has 1 aliphatic rings. The normalized spacial score (nSPS) is 18.0. The highest BCUT2D eigenvalue weighted by atomic mass is 19.1. The fourth-order valence-corrected chi connectivity index (χ4v) is 2.97. The molecule has 1 aromatic rings. The van der Waals surface area contributed by atoms with Crippen LogP contribution in [0.1, 0.15) is 30.0 Å². The van der Waals surface area contributed by atoms with Gasteiger partial charge in [-0.3, -0.25) is 9.69 Å². The molecule has 6 heteroatoms. The van der Waals surface area contributed by atoms with E-state index in [9.17, 15) is 14.3 Å². The lowest BCUT2D eigenvalue weighted by Gasteiger charge is -2.35. The van der Waals surface area contributed by atoms with Crippen LogP contribution in [0.3, 0.4) is 0 Å². The molecule has 23 heavy (non-hydrogen) atoms. The summed E-state index contributed by atoms with van der Waals surface area (Å²) in [6.07, 6.45) is 1.58. The van der Waals surface area contributed by atoms with Gasteiger partial charge in [0.05, 0.1) is 19.3 Å². The number of methoxy groups -OCH3 is 1. The maximum atomic E-state index is 14.3. The SMILES string of the molecule is COCCOC1CCN([C@H](C(=O)O)c2cccc(C)c2F)CC1. The molecule has 1 aromatic carbocycles. The summed E-state index contributed by atoms with van der Waals surface area (Å²) in [5.74, 6) is -1.45. The second kappa shape index (κ2) is 8.38. The quantitative estimate of drug-likeness (QED) is 0.780. The zero-order valence-corrected chi connectivity index (χ0v) is 13.6. The molecule has 0 aromatic heterocycles. The molecule has 1 N–H and O–H groups in total. The van der Waals surface area contributed by atoms with Crippen LogP contribution in [0.5, 0.6) is 0 Å². The Morgan fingerprint density at radius 2 is 2.09 bits per heavy atom. The van der Waals surface area contributed by atoms with E-state index in [1.54, 1.807) is 32.2 Å². The molecular weight excluding hydrogens is 301 g/mol. The Kier molecular flexibility index (Phi) is 6.50. The van der Waals surface area contributed by atoms with Crippen LogP contribution in [0, 0.1) is 12.7 Å². The Balaban J connectivity index is 2.03. The van der Waals surface area contributed by atoms with E-state index in [1.807, 2.05) is 4.90 Å². The fraction of sp³-hybridized carbons (Fsp3) is 0.588. The maximum absolute atomic E-state index is 14.3. The number of hydrogen-bond acceptors (Lipinski definition) is 4. The van der Waals surface area contributed by atoms with Gasteiger partial charge in [-0.2, -0.15) is 0 Å². The summed E-state index contributed by atoms with van der Waals surface area (Å²) in [6, 6.07) is 3.95. The number of carboxylic acid groups (broad SMARTS) is 1. The van der Waals surface area contributed by atoms with E-state index in [4.69, 9.17) is 9.47 Å². The standard InChI is InChI=1S/C17H24FNO4/c1-12-4-3-5-14(15(12)18)16(17(20)21)19-8-6-13(7-9-19)23-11-10-22-2/h3-5,13,16H,6-11H2,1-2H3,(H,20,21)/t16-/m0/s1. The lowest BCUT2D eigenvalue weighted by atomic mass is 9.98. The third-order valence-corrected chi connectivity index (χ3v) is 4.23. The average Bonchev–Trinajstić information content (AvgIpc) is 2.53. The minimum absolute atomic E-state index is 0.109. The number of piperidine rings is 1. The topological polar surface area (TPSA) is 59.0 Å². The van der Waals surface area contributed by atoms with Gasteiger partial charge >= 0.3 is 5.97 Å². The molecule has 0 aliphatic carbocycles. The summed E-state index contributed by atoms with van der Waals surface area (Å²) in [6.45, 7) is 3.88. The summed E-state index contributed by atoms with van der Waals surface area (Å²) in [4.78, 5) is 13.5. The van der Waals surface area contributed by atoms with Gasteiger partial charge in [0.25, 0.3) is 0 Å². The second-order valence-corrected chi connectivity index (χ2v) is 5.82. The van der Waals surface area contributed by atoms with E-state index in [0.29, 0.717) is 31.9 Å². The van der Waals surface area contributed by atoms with E-state index in [0.717, 1.165) is 12.8 Å². The molecule has 1 fully saturated rings. The molecule has 0 unspecified atom stereocenters. The smallest absolute Gasteiger partial charge is 0.325 e. The number of halogens is 1. The molecule has 1 atom stereocenters. The Morgan fingerprint density at radius 3 is 2.70 bits per heavy atom. The summed E-state index contributed by atoms with van der Waals surface area (Å²) in [5, 5.41) is 9.58. The van der Waals surface area contributed by atoms with Crippen molar-refractivity contribution in [1.82, 2.24) is 4.90 Å². The molecule has 1 aliphatic heterocycles. The summed E-state index contributed by atoms with van der Waals surface area (Å²) in [5.41, 5.74) is 0.697. The van der Waals surface area contributed by atoms with Gasteiger partial charge in [0.15, 0.2) is 0 Å². The Bertz CT molecular complexity index is 529. The molecule has 0 radical (unpaired) electrons. The van der Waals surface area contributed by atoms with Crippen LogP contribution < -0.4 is 0 Å². The monoisotopic (exact) mass is 325 g/mol. The van der Waals surface area contributed by atoms with Gasteiger partial charge in [0.2, 0.25) is 0 Å². The lowest BCUT2D eigenvalue weighted by Crippen LogP contribution is -2.42. The number of carboxylic acids is 1. The molecule has 5 nitrogen and oxygen atoms in total. The van der Waals surface area contributed by atoms with Crippen molar-refractivity contribution in [2.45, 2.75) is 31.9 Å². The first-order chi connectivity index (χ1) is 11.0. The number of nitrogens with zero attached hydrogens (tertiary/aromatic N) is 1. The zero-order valence-electron chi connectivity index (χ0n) is 13.6. The van der Waals surface area contributed by atoms with Gasteiger partial charge in [-0.25, -0.2) is 4.39 Å². The highest BCUT2D eigenvalue weighted by Gasteiger charge is 2.33. The van der Waals surface area contributed by atoms with Crippen LogP contribution in [-0.2, 0) is 14.3 Å². The van der Waals surface area contributed by atoms with Crippen molar-refractivity contribution in [2.75, 3.05) is 33.4 Å². The van der Waals surface area contributed by atoms with Crippen molar-refractivity contribution in [3.8, 4) is 0 Å². The highest BCUT2D eigenvalue weighted by Crippen LogP contribution is 2.28. The summed E-state index contributed by atoms with van der Waals surface area (Å²) >= 11 is 0. The number of aliphatic carboxylic acids is 1. The van der Waals surface area contributed by atoms with Crippen molar-refractivity contribution in [3.05, 3.63) is 35.1 Å². The molecule has 0 amide bonds. The molecule has 0 bridgehead atoms. The van der Waals surface area contributed by atoms with Crippen molar-refractivity contribution in [1.29, 1.82) is 0 Å². The Morgan fingerprint density at radius 1 is 1.39 bits per heavy atom. The van der Waals surface area contributed by atoms with Gasteiger partial charge < -0.3 is 14.6 Å². The number of likely N-dealkylation sites (tertiary alicyclic amines) is 1. The molecule has 1 saturated heterocycles. The number of hydrogen-bond donors (Lipinski definition) is 1. The summed E-state index contributed by atoms with van der Waals surface area (Å²) in [7, 11) is 1.62. The fourth-order valence-electron chi connectivity index (χ4n) is 2.97. The van der Waals surface area contributed by atoms with Crippen molar-refractivity contribution in [2.24, 2.45) is 0 Å². The molecule has 0 spiro atoms. The number of ether oxygens (including phenoxy) is 2. The average molecular weight is 325 g/mol. The first-order valence-corrected chi connectivity index (χ1v) is 7.87. The lowest BCUT2D eigenvalue weighted by molar-refractivity contribution is -0.145. The van der Waals surface area contributed by atoms with Crippen LogP contribution in [-0.4, -0.2) is 55.5 Å². The Labute approximate surface area is 136 Å². The summed E-state index contributed by atoms with van der Waals surface area (Å²) < 4.78 is 25.0. The highest BCUT2D eigenvalue weighted by molar-refractivity contribution is 5.75. The predicted molar refractivity (Wildman–Crippen MR) is 83.9 cm³/mol. The zero-order chi connectivity index (χ0) is 16.8. The van der Waals surface area contributed by atoms with Crippen LogP contribution >= 0.6 is 0 Å². The third kappa shape index (κ3) is 4.50. The first-order valence-electron chi connectivity index (χ1n) is 7.87. The number of carbonyl (C=O) groups is 1. The molecule has 1 heterocycles. The van der Waals surface area contributed by atoms with Crippen LogP contribution in [0.4, 0.5) is 4.39 Å². The number of benzene rings is 1. The molecule has 2 rings (SSSR count). The molecule has 128 valence electrons. The van der Waals surface area contributed by atoms with E-state index < -0.39 is 17.8 Å². The minimum atomic E-state index is -1.02. The van der Waals surface area contributed by atoms with Gasteiger partial charge in [0, 0.05) is 25.8 Å². The van der Waals surface area contributed by atoms with E-state index in [1.165, 1.54) is 0 Å². The van der Waals surface area contributed by atoms with Crippen LogP contribution in [0.15, 0.2) is 18.2 Å². The number of rotatable bonds is 7. The Hall–Kier alpha value is -1.50. The predicted octanol–water partition coefficient (Wildman–Crippen LogP) is 2.39. The molecular formula is C17H24FNO4. The van der Waals surface area contributed by atoms with E-state index >= 15 is 0 Å². The largest absolute Gasteiger partial charge is 0.480 e. The third-order valence-electron chi connectivity index (χ3n) is 4.23. The van der Waals surface area contributed by atoms with Crippen molar-refractivity contribution < 1.29 is 23.8 Å². The van der Waals surface area contributed by atoms with Gasteiger partial charge in [-0.1, -0.05) is 18.2 Å². The van der Waals surface area contributed by atoms with Gasteiger partial charge in [0.1, 0.15) is 11.9 Å². The van der Waals surface area contributed by atoms with Crippen LogP contribution in [0.25, 0.3) is 0 Å². The first kappa shape index (κ1) is 17.8. The van der Waals surface area contributed by atoms with E-state index in [-0.39, 0.29) is 11.7 Å². The second-order valence-electron chi connectivity index (χ2n) is 5.82. The molecule has 0 saturated carbocycles. The maximum Gasteiger partial charge on any atom is 0.325 e. The van der Waals surface area contributed by atoms with Crippen molar-refractivity contribution in [3.63, 3.8) is 0 Å². The van der Waals surface area contributed by atoms with Gasteiger partial charge in [-0.05, 0) is 25.3 Å². The minimum Gasteiger partial charge on any atom is -0.480 e. The van der Waals surface area contributed by atoms with Crippen molar-refractivity contribution >= 4 is 5.97 Å². The van der Waals surface area contributed by atoms with Gasteiger partial charge in [-0.15, -0.1) is 0 Å². The number of aryl methyl sites for hydroxylation is 1. The van der Waals surface area contributed by atoms with E-state index in [2.05, 4.69) is 0 Å². The van der Waals surface area contributed by atoms with Crippen LogP contribution in [0.2, 0.25) is 0 Å².